The van der Waals surface area contributed by atoms with Crippen LogP contribution in [0.4, 0.5) is 5.69 Å². The SMILES string of the molecule is CC(C)C(C)NC(=O)C1CCN(C(=O)C2=NN(c3ccccc3)C(C(N)=O)C2)CC1. The van der Waals surface area contributed by atoms with E-state index in [1.165, 1.54) is 5.01 Å². The number of hydrazone groups is 1. The Bertz CT molecular complexity index is 815. The number of piperidine rings is 1. The second kappa shape index (κ2) is 9.28. The van der Waals surface area contributed by atoms with Crippen molar-refractivity contribution < 1.29 is 14.4 Å². The summed E-state index contributed by atoms with van der Waals surface area (Å²) in [6, 6.07) is 8.67. The molecule has 30 heavy (non-hydrogen) atoms. The number of hydrogen-bond acceptors (Lipinski definition) is 5. The van der Waals surface area contributed by atoms with Crippen LogP contribution in [0, 0.1) is 11.8 Å². The fraction of sp³-hybridized carbons (Fsp3) is 0.545. The molecule has 0 spiro atoms. The number of nitrogens with zero attached hydrogens (tertiary/aromatic N) is 3. The van der Waals surface area contributed by atoms with E-state index in [1.54, 1.807) is 4.90 Å². The zero-order chi connectivity index (χ0) is 21.8. The van der Waals surface area contributed by atoms with Gasteiger partial charge in [0.25, 0.3) is 5.91 Å². The number of likely N-dealkylation sites (tertiary alicyclic amines) is 1. The molecule has 2 unspecified atom stereocenters. The maximum absolute atomic E-state index is 13.0. The number of nitrogens with one attached hydrogen (secondary N) is 1. The molecule has 1 fully saturated rings. The number of carbonyl (C=O) groups is 3. The van der Waals surface area contributed by atoms with Crippen molar-refractivity contribution in [2.24, 2.45) is 22.7 Å². The van der Waals surface area contributed by atoms with Crippen LogP contribution in [0.1, 0.15) is 40.0 Å². The molecule has 0 radical (unpaired) electrons. The Kier molecular flexibility index (Phi) is 6.74. The van der Waals surface area contributed by atoms with E-state index in [-0.39, 0.29) is 30.2 Å². The van der Waals surface area contributed by atoms with Gasteiger partial charge < -0.3 is 16.0 Å². The van der Waals surface area contributed by atoms with E-state index < -0.39 is 11.9 Å². The van der Waals surface area contributed by atoms with E-state index in [2.05, 4.69) is 24.3 Å². The van der Waals surface area contributed by atoms with Crippen LogP contribution in [0.15, 0.2) is 35.4 Å². The lowest BCUT2D eigenvalue weighted by atomic mass is 9.94. The predicted octanol–water partition coefficient (Wildman–Crippen LogP) is 1.51. The highest BCUT2D eigenvalue weighted by Gasteiger charge is 2.37. The molecule has 0 aromatic heterocycles. The van der Waals surface area contributed by atoms with Gasteiger partial charge in [0.1, 0.15) is 11.8 Å². The number of amides is 3. The minimum absolute atomic E-state index is 0.0607. The van der Waals surface area contributed by atoms with Crippen LogP contribution in [-0.4, -0.2) is 53.5 Å². The van der Waals surface area contributed by atoms with Gasteiger partial charge in [-0.2, -0.15) is 5.10 Å². The molecule has 2 atom stereocenters. The van der Waals surface area contributed by atoms with Crippen molar-refractivity contribution in [2.75, 3.05) is 18.1 Å². The first kappa shape index (κ1) is 21.8. The molecule has 0 aliphatic carbocycles. The Balaban J connectivity index is 1.62. The third-order valence-electron chi connectivity index (χ3n) is 6.03. The molecule has 8 nitrogen and oxygen atoms in total. The minimum atomic E-state index is -0.674. The van der Waals surface area contributed by atoms with Crippen molar-refractivity contribution in [3.8, 4) is 0 Å². The first-order valence-electron chi connectivity index (χ1n) is 10.6. The third-order valence-corrected chi connectivity index (χ3v) is 6.03. The number of anilines is 1. The van der Waals surface area contributed by atoms with Crippen LogP contribution in [0.5, 0.6) is 0 Å². The lowest BCUT2D eigenvalue weighted by Crippen LogP contribution is -2.47. The van der Waals surface area contributed by atoms with E-state index in [1.807, 2.05) is 37.3 Å². The molecule has 162 valence electrons. The zero-order valence-electron chi connectivity index (χ0n) is 17.9. The molecule has 2 aliphatic rings. The minimum Gasteiger partial charge on any atom is -0.368 e. The van der Waals surface area contributed by atoms with E-state index >= 15 is 0 Å². The van der Waals surface area contributed by atoms with Gasteiger partial charge >= 0.3 is 0 Å². The van der Waals surface area contributed by atoms with Crippen LogP contribution in [0.25, 0.3) is 0 Å². The van der Waals surface area contributed by atoms with Crippen LogP contribution in [0.2, 0.25) is 0 Å². The van der Waals surface area contributed by atoms with Crippen molar-refractivity contribution in [3.63, 3.8) is 0 Å². The number of primary amides is 1. The maximum Gasteiger partial charge on any atom is 0.270 e. The van der Waals surface area contributed by atoms with Gasteiger partial charge in [0, 0.05) is 31.5 Å². The summed E-state index contributed by atoms with van der Waals surface area (Å²) >= 11 is 0. The van der Waals surface area contributed by atoms with Gasteiger partial charge in [-0.3, -0.25) is 19.4 Å². The lowest BCUT2D eigenvalue weighted by molar-refractivity contribution is -0.131. The fourth-order valence-corrected chi connectivity index (χ4v) is 3.72. The first-order valence-corrected chi connectivity index (χ1v) is 10.6. The molecule has 1 aromatic rings. The average Bonchev–Trinajstić information content (AvgIpc) is 3.19. The summed E-state index contributed by atoms with van der Waals surface area (Å²) in [5.74, 6) is -0.346. The van der Waals surface area contributed by atoms with Crippen LogP contribution in [-0.2, 0) is 14.4 Å². The highest BCUT2D eigenvalue weighted by Crippen LogP contribution is 2.26. The van der Waals surface area contributed by atoms with E-state index in [9.17, 15) is 14.4 Å². The zero-order valence-corrected chi connectivity index (χ0v) is 17.9. The van der Waals surface area contributed by atoms with Gasteiger partial charge in [-0.05, 0) is 37.8 Å². The highest BCUT2D eigenvalue weighted by atomic mass is 16.2. The molecule has 0 bridgehead atoms. The molecule has 1 aromatic carbocycles. The molecule has 2 heterocycles. The maximum atomic E-state index is 13.0. The molecule has 3 rings (SSSR count). The molecule has 2 aliphatic heterocycles. The fourth-order valence-electron chi connectivity index (χ4n) is 3.72. The normalized spacial score (nSPS) is 20.8. The second-order valence-electron chi connectivity index (χ2n) is 8.46. The number of carbonyl (C=O) groups excluding carboxylic acids is 3. The summed E-state index contributed by atoms with van der Waals surface area (Å²) in [6.07, 6.45) is 1.43. The van der Waals surface area contributed by atoms with Crippen molar-refractivity contribution in [1.29, 1.82) is 0 Å². The van der Waals surface area contributed by atoms with Crippen molar-refractivity contribution >= 4 is 29.1 Å². The Morgan fingerprint density at radius 1 is 1.10 bits per heavy atom. The molecule has 3 amide bonds. The first-order chi connectivity index (χ1) is 14.3. The van der Waals surface area contributed by atoms with Gasteiger partial charge in [-0.1, -0.05) is 32.0 Å². The third kappa shape index (κ3) is 4.80. The Morgan fingerprint density at radius 3 is 2.30 bits per heavy atom. The molecule has 0 saturated carbocycles. The smallest absolute Gasteiger partial charge is 0.270 e. The number of rotatable bonds is 6. The quantitative estimate of drug-likeness (QED) is 0.737. The molecular formula is C22H31N5O3. The number of benzene rings is 1. The molecular weight excluding hydrogens is 382 g/mol. The molecule has 8 heteroatoms. The highest BCUT2D eigenvalue weighted by molar-refractivity contribution is 6.40. The van der Waals surface area contributed by atoms with Gasteiger partial charge in [-0.15, -0.1) is 0 Å². The van der Waals surface area contributed by atoms with Gasteiger partial charge in [0.15, 0.2) is 0 Å². The average molecular weight is 414 g/mol. The lowest BCUT2D eigenvalue weighted by Gasteiger charge is -2.32. The summed E-state index contributed by atoms with van der Waals surface area (Å²) in [6.45, 7) is 7.16. The van der Waals surface area contributed by atoms with E-state index in [0.717, 1.165) is 5.69 Å². The monoisotopic (exact) mass is 413 g/mol. The Labute approximate surface area is 177 Å². The van der Waals surface area contributed by atoms with E-state index in [4.69, 9.17) is 5.73 Å². The Morgan fingerprint density at radius 2 is 1.73 bits per heavy atom. The summed E-state index contributed by atoms with van der Waals surface area (Å²) in [5, 5.41) is 9.02. The van der Waals surface area contributed by atoms with Gasteiger partial charge in [0.05, 0.1) is 5.69 Å². The van der Waals surface area contributed by atoms with Crippen LogP contribution < -0.4 is 16.1 Å². The topological polar surface area (TPSA) is 108 Å². The van der Waals surface area contributed by atoms with Gasteiger partial charge in [-0.25, -0.2) is 0 Å². The summed E-state index contributed by atoms with van der Waals surface area (Å²) in [4.78, 5) is 39.1. The van der Waals surface area contributed by atoms with Crippen molar-refractivity contribution in [1.82, 2.24) is 10.2 Å². The van der Waals surface area contributed by atoms with E-state index in [0.29, 0.717) is 37.6 Å². The van der Waals surface area contributed by atoms with Crippen molar-refractivity contribution in [2.45, 2.75) is 52.1 Å². The Hall–Kier alpha value is -2.90. The second-order valence-corrected chi connectivity index (χ2v) is 8.46. The summed E-state index contributed by atoms with van der Waals surface area (Å²) in [7, 11) is 0. The standard InChI is InChI=1S/C22H31N5O3/c1-14(2)15(3)24-21(29)16-9-11-26(12-10-16)22(30)18-13-19(20(23)28)27(25-18)17-7-5-4-6-8-17/h4-8,14-16,19H,9-13H2,1-3H3,(H2,23,28)(H,24,29). The van der Waals surface area contributed by atoms with Crippen LogP contribution in [0.3, 0.4) is 0 Å². The summed E-state index contributed by atoms with van der Waals surface area (Å²) in [5.41, 5.74) is 6.61. The molecule has 1 saturated heterocycles. The van der Waals surface area contributed by atoms with Crippen LogP contribution >= 0.6 is 0 Å². The number of nitrogens with two attached hydrogens (primary N) is 1. The summed E-state index contributed by atoms with van der Waals surface area (Å²) < 4.78 is 0. The van der Waals surface area contributed by atoms with Crippen molar-refractivity contribution in [3.05, 3.63) is 30.3 Å². The predicted molar refractivity (Wildman–Crippen MR) is 116 cm³/mol. The molecule has 3 N–H and O–H groups in total. The van der Waals surface area contributed by atoms with Gasteiger partial charge in [0.2, 0.25) is 11.8 Å². The number of hydrogen-bond donors (Lipinski definition) is 2. The largest absolute Gasteiger partial charge is 0.368 e. The number of para-hydroxylation sites is 1.